The highest BCUT2D eigenvalue weighted by Crippen LogP contribution is 2.36. The Labute approximate surface area is 146 Å². The van der Waals surface area contributed by atoms with Gasteiger partial charge in [0.2, 0.25) is 5.91 Å². The van der Waals surface area contributed by atoms with Crippen molar-refractivity contribution in [3.8, 4) is 0 Å². The van der Waals surface area contributed by atoms with Crippen LogP contribution in [0.5, 0.6) is 0 Å². The molecule has 6 nitrogen and oxygen atoms in total. The van der Waals surface area contributed by atoms with Gasteiger partial charge in [0, 0.05) is 38.0 Å². The van der Waals surface area contributed by atoms with Crippen LogP contribution in [0.3, 0.4) is 0 Å². The molecule has 0 unspecified atom stereocenters. The van der Waals surface area contributed by atoms with E-state index in [1.807, 2.05) is 11.8 Å². The summed E-state index contributed by atoms with van der Waals surface area (Å²) in [6, 6.07) is 0. The SMILES string of the molecule is CCOC(=O)[C@H]1CCCc2sc(CN3CCN(C(C)=O)CC3)nc21. The van der Waals surface area contributed by atoms with Crippen molar-refractivity contribution in [3.05, 3.63) is 15.6 Å². The van der Waals surface area contributed by atoms with Crippen LogP contribution in [0.15, 0.2) is 0 Å². The van der Waals surface area contributed by atoms with E-state index in [0.29, 0.717) is 6.61 Å². The van der Waals surface area contributed by atoms with Crippen LogP contribution in [0.4, 0.5) is 0 Å². The molecule has 1 aliphatic carbocycles. The lowest BCUT2D eigenvalue weighted by molar-refractivity contribution is -0.145. The van der Waals surface area contributed by atoms with Crippen LogP contribution >= 0.6 is 11.3 Å². The Morgan fingerprint density at radius 2 is 2.04 bits per heavy atom. The molecule has 0 radical (unpaired) electrons. The fourth-order valence-electron chi connectivity index (χ4n) is 3.42. The summed E-state index contributed by atoms with van der Waals surface area (Å²) < 4.78 is 5.21. The van der Waals surface area contributed by atoms with Crippen molar-refractivity contribution >= 4 is 23.2 Å². The average Bonchev–Trinajstić information content (AvgIpc) is 2.97. The van der Waals surface area contributed by atoms with Crippen molar-refractivity contribution in [2.75, 3.05) is 32.8 Å². The molecule has 2 heterocycles. The van der Waals surface area contributed by atoms with E-state index in [4.69, 9.17) is 9.72 Å². The molecule has 132 valence electrons. The van der Waals surface area contributed by atoms with Crippen LogP contribution < -0.4 is 0 Å². The van der Waals surface area contributed by atoms with Crippen LogP contribution in [0, 0.1) is 0 Å². The summed E-state index contributed by atoms with van der Waals surface area (Å²) in [6.07, 6.45) is 2.88. The smallest absolute Gasteiger partial charge is 0.315 e. The number of aryl methyl sites for hydroxylation is 1. The van der Waals surface area contributed by atoms with Gasteiger partial charge in [-0.05, 0) is 26.2 Å². The minimum atomic E-state index is -0.187. The number of carbonyl (C=O) groups excluding carboxylic acids is 2. The minimum Gasteiger partial charge on any atom is -0.465 e. The molecule has 3 rings (SSSR count). The molecule has 1 aromatic heterocycles. The second-order valence-electron chi connectivity index (χ2n) is 6.40. The Morgan fingerprint density at radius 3 is 2.71 bits per heavy atom. The number of carbonyl (C=O) groups is 2. The highest BCUT2D eigenvalue weighted by Gasteiger charge is 2.31. The number of hydrogen-bond donors (Lipinski definition) is 0. The van der Waals surface area contributed by atoms with Gasteiger partial charge in [-0.1, -0.05) is 0 Å². The number of aromatic nitrogens is 1. The quantitative estimate of drug-likeness (QED) is 0.774. The van der Waals surface area contributed by atoms with Crippen LogP contribution in [-0.2, 0) is 27.3 Å². The standard InChI is InChI=1S/C17H25N3O3S/c1-3-23-17(22)13-5-4-6-14-16(13)18-15(24-14)11-19-7-9-20(10-8-19)12(2)21/h13H,3-11H2,1-2H3/t13-/m0/s1. The molecule has 1 amide bonds. The summed E-state index contributed by atoms with van der Waals surface area (Å²) in [5.41, 5.74) is 0.946. The molecule has 1 atom stereocenters. The van der Waals surface area contributed by atoms with Crippen molar-refractivity contribution in [1.29, 1.82) is 0 Å². The maximum atomic E-state index is 12.2. The summed E-state index contributed by atoms with van der Waals surface area (Å²) in [6.45, 7) is 8.02. The van der Waals surface area contributed by atoms with Gasteiger partial charge in [-0.15, -0.1) is 11.3 Å². The molecule has 2 aliphatic rings. The summed E-state index contributed by atoms with van der Waals surface area (Å²) in [4.78, 5) is 33.8. The van der Waals surface area contributed by atoms with E-state index in [-0.39, 0.29) is 17.8 Å². The Kier molecular flexibility index (Phi) is 5.50. The Morgan fingerprint density at radius 1 is 1.29 bits per heavy atom. The third-order valence-corrected chi connectivity index (χ3v) is 5.86. The molecule has 1 aliphatic heterocycles. The number of thiazole rings is 1. The summed E-state index contributed by atoms with van der Waals surface area (Å²) in [5.74, 6) is -0.171. The van der Waals surface area contributed by atoms with Gasteiger partial charge in [0.1, 0.15) is 10.9 Å². The molecule has 0 bridgehead atoms. The van der Waals surface area contributed by atoms with E-state index in [9.17, 15) is 9.59 Å². The van der Waals surface area contributed by atoms with E-state index in [0.717, 1.165) is 62.7 Å². The first-order chi connectivity index (χ1) is 11.6. The lowest BCUT2D eigenvalue weighted by atomic mass is 9.91. The van der Waals surface area contributed by atoms with Gasteiger partial charge >= 0.3 is 5.97 Å². The number of amides is 1. The molecular weight excluding hydrogens is 326 g/mol. The topological polar surface area (TPSA) is 62.7 Å². The number of esters is 1. The molecule has 0 aromatic carbocycles. The van der Waals surface area contributed by atoms with Crippen molar-refractivity contribution < 1.29 is 14.3 Å². The van der Waals surface area contributed by atoms with Gasteiger partial charge < -0.3 is 9.64 Å². The molecular formula is C17H25N3O3S. The highest BCUT2D eigenvalue weighted by atomic mass is 32.1. The summed E-state index contributed by atoms with van der Waals surface area (Å²) in [5, 5.41) is 1.08. The first kappa shape index (κ1) is 17.4. The van der Waals surface area contributed by atoms with Crippen molar-refractivity contribution in [3.63, 3.8) is 0 Å². The zero-order valence-corrected chi connectivity index (χ0v) is 15.2. The molecule has 0 N–H and O–H groups in total. The maximum absolute atomic E-state index is 12.2. The normalized spacial score (nSPS) is 21.4. The molecule has 7 heteroatoms. The zero-order chi connectivity index (χ0) is 17.1. The van der Waals surface area contributed by atoms with E-state index in [2.05, 4.69) is 4.90 Å². The Bertz CT molecular complexity index is 608. The minimum absolute atomic E-state index is 0.134. The second kappa shape index (κ2) is 7.61. The molecule has 0 saturated carbocycles. The van der Waals surface area contributed by atoms with Crippen LogP contribution in [0.1, 0.15) is 48.2 Å². The van der Waals surface area contributed by atoms with E-state index in [1.165, 1.54) is 4.88 Å². The van der Waals surface area contributed by atoms with E-state index in [1.54, 1.807) is 18.3 Å². The third kappa shape index (κ3) is 3.78. The molecule has 1 saturated heterocycles. The van der Waals surface area contributed by atoms with E-state index < -0.39 is 0 Å². The number of fused-ring (bicyclic) bond motifs is 1. The molecule has 1 fully saturated rings. The highest BCUT2D eigenvalue weighted by molar-refractivity contribution is 7.11. The first-order valence-corrected chi connectivity index (χ1v) is 9.53. The van der Waals surface area contributed by atoms with Crippen LogP contribution in [0.2, 0.25) is 0 Å². The predicted molar refractivity (Wildman–Crippen MR) is 92.0 cm³/mol. The Hall–Kier alpha value is -1.47. The van der Waals surface area contributed by atoms with E-state index >= 15 is 0 Å². The van der Waals surface area contributed by atoms with Crippen molar-refractivity contribution in [2.45, 2.75) is 45.6 Å². The summed E-state index contributed by atoms with van der Waals surface area (Å²) in [7, 11) is 0. The largest absolute Gasteiger partial charge is 0.465 e. The third-order valence-electron chi connectivity index (χ3n) is 4.75. The second-order valence-corrected chi connectivity index (χ2v) is 7.56. The monoisotopic (exact) mass is 351 g/mol. The number of hydrogen-bond acceptors (Lipinski definition) is 6. The van der Waals surface area contributed by atoms with Gasteiger partial charge in [0.05, 0.1) is 18.8 Å². The fourth-order valence-corrected chi connectivity index (χ4v) is 4.64. The number of rotatable bonds is 4. The van der Waals surface area contributed by atoms with Crippen LogP contribution in [0.25, 0.3) is 0 Å². The Balaban J connectivity index is 1.64. The predicted octanol–water partition coefficient (Wildman–Crippen LogP) is 1.79. The first-order valence-electron chi connectivity index (χ1n) is 8.71. The van der Waals surface area contributed by atoms with Crippen LogP contribution in [-0.4, -0.2) is 59.4 Å². The van der Waals surface area contributed by atoms with Gasteiger partial charge in [-0.3, -0.25) is 14.5 Å². The van der Waals surface area contributed by atoms with Gasteiger partial charge in [-0.25, -0.2) is 4.98 Å². The van der Waals surface area contributed by atoms with Gasteiger partial charge in [0.25, 0.3) is 0 Å². The van der Waals surface area contributed by atoms with Gasteiger partial charge in [0.15, 0.2) is 0 Å². The average molecular weight is 351 g/mol. The number of ether oxygens (including phenoxy) is 1. The fraction of sp³-hybridized carbons (Fsp3) is 0.706. The van der Waals surface area contributed by atoms with Gasteiger partial charge in [-0.2, -0.15) is 0 Å². The molecule has 0 spiro atoms. The zero-order valence-electron chi connectivity index (χ0n) is 14.4. The number of piperazine rings is 1. The molecule has 1 aromatic rings. The van der Waals surface area contributed by atoms with Crippen molar-refractivity contribution in [2.24, 2.45) is 0 Å². The summed E-state index contributed by atoms with van der Waals surface area (Å²) >= 11 is 1.73. The number of nitrogens with zero attached hydrogens (tertiary/aromatic N) is 3. The lowest BCUT2D eigenvalue weighted by Gasteiger charge is -2.33. The maximum Gasteiger partial charge on any atom is 0.315 e. The molecule has 24 heavy (non-hydrogen) atoms. The lowest BCUT2D eigenvalue weighted by Crippen LogP contribution is -2.47. The van der Waals surface area contributed by atoms with Crippen molar-refractivity contribution in [1.82, 2.24) is 14.8 Å².